The number of hydrogen-bond donors (Lipinski definition) is 1. The molecule has 160 valence electrons. The Morgan fingerprint density at radius 3 is 2.63 bits per heavy atom. The van der Waals surface area contributed by atoms with Gasteiger partial charge in [0.2, 0.25) is 15.9 Å². The summed E-state index contributed by atoms with van der Waals surface area (Å²) in [6.45, 7) is 1.74. The molecule has 0 fully saturated rings. The molecule has 0 saturated carbocycles. The first-order valence-corrected chi connectivity index (χ1v) is 10.9. The number of rotatable bonds is 7. The van der Waals surface area contributed by atoms with Crippen molar-refractivity contribution in [2.45, 2.75) is 19.1 Å². The number of ether oxygens (including phenoxy) is 2. The second-order valence-corrected chi connectivity index (χ2v) is 8.61. The van der Waals surface area contributed by atoms with Gasteiger partial charge in [-0.1, -0.05) is 18.2 Å². The minimum atomic E-state index is -3.89. The molecule has 0 spiro atoms. The molecule has 0 unspecified atom stereocenters. The van der Waals surface area contributed by atoms with Gasteiger partial charge >= 0.3 is 0 Å². The molecule has 1 aliphatic rings. The van der Waals surface area contributed by atoms with Crippen molar-refractivity contribution >= 4 is 27.3 Å². The van der Waals surface area contributed by atoms with E-state index in [4.69, 9.17) is 9.47 Å². The number of fused-ring (bicyclic) bond motifs is 1. The molecule has 1 amide bonds. The van der Waals surface area contributed by atoms with Crippen LogP contribution in [0.1, 0.15) is 6.92 Å². The van der Waals surface area contributed by atoms with Crippen LogP contribution in [0.5, 0.6) is 11.5 Å². The third kappa shape index (κ3) is 4.79. The van der Waals surface area contributed by atoms with Crippen LogP contribution in [0.25, 0.3) is 0 Å². The monoisotopic (exact) mass is 435 g/mol. The Bertz CT molecular complexity index is 1060. The molecule has 1 aliphatic heterocycles. The van der Waals surface area contributed by atoms with Crippen molar-refractivity contribution < 1.29 is 27.6 Å². The number of benzene rings is 2. The minimum Gasteiger partial charge on any atom is -0.486 e. The molecule has 11 heteroatoms. The van der Waals surface area contributed by atoms with Crippen molar-refractivity contribution in [1.82, 2.24) is 5.32 Å². The molecule has 1 N–H and O–H groups in total. The number of para-hydroxylation sites is 2. The van der Waals surface area contributed by atoms with Crippen LogP contribution in [0.4, 0.5) is 11.4 Å². The topological polar surface area (TPSA) is 128 Å². The van der Waals surface area contributed by atoms with E-state index in [2.05, 4.69) is 5.32 Å². The molecule has 3 rings (SSSR count). The molecule has 2 atom stereocenters. The summed E-state index contributed by atoms with van der Waals surface area (Å²) < 4.78 is 36.9. The summed E-state index contributed by atoms with van der Waals surface area (Å²) in [5.74, 6) is 0.599. The fraction of sp³-hybridized carbons (Fsp3) is 0.316. The summed E-state index contributed by atoms with van der Waals surface area (Å²) in [4.78, 5) is 23.1. The van der Waals surface area contributed by atoms with Crippen LogP contribution in [-0.2, 0) is 14.8 Å². The van der Waals surface area contributed by atoms with E-state index < -0.39 is 33.0 Å². The molecule has 0 aliphatic carbocycles. The molecule has 0 radical (unpaired) electrons. The number of anilines is 1. The summed E-state index contributed by atoms with van der Waals surface area (Å²) in [5, 5.41) is 13.7. The van der Waals surface area contributed by atoms with E-state index in [9.17, 15) is 23.3 Å². The van der Waals surface area contributed by atoms with Crippen LogP contribution >= 0.6 is 0 Å². The highest BCUT2D eigenvalue weighted by Crippen LogP contribution is 2.30. The van der Waals surface area contributed by atoms with Gasteiger partial charge in [0.05, 0.1) is 23.4 Å². The van der Waals surface area contributed by atoms with Gasteiger partial charge in [-0.25, -0.2) is 8.42 Å². The number of nitrogens with zero attached hydrogens (tertiary/aromatic N) is 2. The Balaban J connectivity index is 1.71. The van der Waals surface area contributed by atoms with Crippen LogP contribution in [0.2, 0.25) is 0 Å². The Morgan fingerprint density at radius 2 is 1.97 bits per heavy atom. The van der Waals surface area contributed by atoms with Gasteiger partial charge in [0, 0.05) is 12.1 Å². The first-order valence-electron chi connectivity index (χ1n) is 9.07. The van der Waals surface area contributed by atoms with Crippen LogP contribution in [0.15, 0.2) is 48.5 Å². The number of carbonyl (C=O) groups excluding carboxylic acids is 1. The van der Waals surface area contributed by atoms with Crippen molar-refractivity contribution in [1.29, 1.82) is 0 Å². The number of hydrogen-bond acceptors (Lipinski definition) is 7. The maximum atomic E-state index is 12.7. The Labute approximate surface area is 173 Å². The van der Waals surface area contributed by atoms with Gasteiger partial charge in [0.15, 0.2) is 11.5 Å². The van der Waals surface area contributed by atoms with Crippen molar-refractivity contribution in [3.63, 3.8) is 0 Å². The lowest BCUT2D eigenvalue weighted by molar-refractivity contribution is -0.384. The number of non-ortho nitro benzene ring substituents is 1. The van der Waals surface area contributed by atoms with Crippen LogP contribution < -0.4 is 19.1 Å². The molecule has 2 aromatic carbocycles. The maximum absolute atomic E-state index is 12.7. The van der Waals surface area contributed by atoms with Gasteiger partial charge in [-0.3, -0.25) is 19.2 Å². The van der Waals surface area contributed by atoms with Crippen molar-refractivity contribution in [2.75, 3.05) is 23.7 Å². The highest BCUT2D eigenvalue weighted by molar-refractivity contribution is 7.92. The van der Waals surface area contributed by atoms with Crippen molar-refractivity contribution in [3.05, 3.63) is 58.6 Å². The standard InChI is InChI=1S/C19H21N3O7S/c1-13(21(30(2,26)27)14-6-5-7-15(10-14)22(24)25)19(23)20-11-16-12-28-17-8-3-4-9-18(17)29-16/h3-10,13,16H,11-12H2,1-2H3,(H,20,23)/t13-,16+/m1/s1. The third-order valence-electron chi connectivity index (χ3n) is 4.46. The Morgan fingerprint density at radius 1 is 1.27 bits per heavy atom. The first-order chi connectivity index (χ1) is 14.2. The number of carbonyl (C=O) groups is 1. The van der Waals surface area contributed by atoms with Crippen LogP contribution in [0, 0.1) is 10.1 Å². The number of nitro groups is 1. The number of nitrogens with one attached hydrogen (secondary N) is 1. The molecular weight excluding hydrogens is 414 g/mol. The summed E-state index contributed by atoms with van der Waals surface area (Å²) in [6.07, 6.45) is 0.491. The van der Waals surface area contributed by atoms with E-state index in [1.165, 1.54) is 25.1 Å². The summed E-state index contributed by atoms with van der Waals surface area (Å²) in [7, 11) is -3.89. The zero-order valence-corrected chi connectivity index (χ0v) is 17.2. The molecule has 30 heavy (non-hydrogen) atoms. The van der Waals surface area contributed by atoms with Gasteiger partial charge < -0.3 is 14.8 Å². The van der Waals surface area contributed by atoms with E-state index in [-0.39, 0.29) is 24.5 Å². The smallest absolute Gasteiger partial charge is 0.271 e. The summed E-state index contributed by atoms with van der Waals surface area (Å²) in [6, 6.07) is 11.1. The summed E-state index contributed by atoms with van der Waals surface area (Å²) >= 11 is 0. The fourth-order valence-corrected chi connectivity index (χ4v) is 4.24. The highest BCUT2D eigenvalue weighted by Gasteiger charge is 2.31. The largest absolute Gasteiger partial charge is 0.486 e. The number of amides is 1. The molecule has 2 aromatic rings. The molecule has 10 nitrogen and oxygen atoms in total. The van der Waals surface area contributed by atoms with E-state index in [0.717, 1.165) is 16.6 Å². The Hall–Kier alpha value is -3.34. The second kappa shape index (κ2) is 8.57. The normalized spacial score (nSPS) is 16.4. The molecule has 0 saturated heterocycles. The van der Waals surface area contributed by atoms with E-state index >= 15 is 0 Å². The third-order valence-corrected chi connectivity index (χ3v) is 5.70. The van der Waals surface area contributed by atoms with Crippen molar-refractivity contribution in [3.8, 4) is 11.5 Å². The van der Waals surface area contributed by atoms with Gasteiger partial charge in [0.25, 0.3) is 5.69 Å². The zero-order valence-electron chi connectivity index (χ0n) is 16.3. The predicted molar refractivity (Wildman–Crippen MR) is 109 cm³/mol. The summed E-state index contributed by atoms with van der Waals surface area (Å²) in [5.41, 5.74) is -0.249. The van der Waals surface area contributed by atoms with Gasteiger partial charge in [-0.15, -0.1) is 0 Å². The average molecular weight is 435 g/mol. The highest BCUT2D eigenvalue weighted by atomic mass is 32.2. The average Bonchev–Trinajstić information content (AvgIpc) is 2.71. The zero-order chi connectivity index (χ0) is 21.9. The maximum Gasteiger partial charge on any atom is 0.271 e. The quantitative estimate of drug-likeness (QED) is 0.518. The predicted octanol–water partition coefficient (Wildman–Crippen LogP) is 1.71. The fourth-order valence-electron chi connectivity index (χ4n) is 3.08. The number of nitro benzene ring substituents is 1. The van der Waals surface area contributed by atoms with Crippen molar-refractivity contribution in [2.24, 2.45) is 0 Å². The van der Waals surface area contributed by atoms with E-state index in [1.54, 1.807) is 18.2 Å². The molecule has 0 bridgehead atoms. The molecular formula is C19H21N3O7S. The van der Waals surface area contributed by atoms with Gasteiger partial charge in [-0.05, 0) is 25.1 Å². The van der Waals surface area contributed by atoms with E-state index in [0.29, 0.717) is 11.5 Å². The lowest BCUT2D eigenvalue weighted by Gasteiger charge is -2.30. The minimum absolute atomic E-state index is 0.0283. The second-order valence-electron chi connectivity index (χ2n) is 6.75. The molecule has 0 aromatic heterocycles. The number of sulfonamides is 1. The van der Waals surface area contributed by atoms with E-state index in [1.807, 2.05) is 6.07 Å². The molecule has 1 heterocycles. The lowest BCUT2D eigenvalue weighted by Crippen LogP contribution is -2.50. The first kappa shape index (κ1) is 21.4. The SMILES string of the molecule is C[C@H](C(=O)NC[C@H]1COc2ccccc2O1)N(c1cccc([N+](=O)[O-])c1)S(C)(=O)=O. The van der Waals surface area contributed by atoms with Crippen LogP contribution in [-0.4, -0.2) is 50.8 Å². The van der Waals surface area contributed by atoms with Crippen LogP contribution in [0.3, 0.4) is 0 Å². The Kier molecular flexibility index (Phi) is 6.11. The van der Waals surface area contributed by atoms with Gasteiger partial charge in [0.1, 0.15) is 18.8 Å². The van der Waals surface area contributed by atoms with Gasteiger partial charge in [-0.2, -0.15) is 0 Å². The lowest BCUT2D eigenvalue weighted by atomic mass is 10.2.